The Morgan fingerprint density at radius 1 is 1.23 bits per heavy atom. The smallest absolute Gasteiger partial charge is 0.306 e. The van der Waals surface area contributed by atoms with Crippen LogP contribution in [0.15, 0.2) is 0 Å². The first kappa shape index (κ1) is 12.5. The van der Waals surface area contributed by atoms with Crippen molar-refractivity contribution in [3.8, 4) is 0 Å². The average molecular weight is 186 g/mol. The van der Waals surface area contributed by atoms with Crippen molar-refractivity contribution in [3.05, 3.63) is 0 Å². The number of ether oxygens (including phenoxy) is 1. The zero-order valence-corrected chi connectivity index (χ0v) is 9.68. The number of hydrogen-bond donors (Lipinski definition) is 0. The van der Waals surface area contributed by atoms with Crippen LogP contribution in [0.25, 0.3) is 0 Å². The molecule has 0 saturated heterocycles. The highest BCUT2D eigenvalue weighted by Crippen LogP contribution is 2.30. The fourth-order valence-electron chi connectivity index (χ4n) is 0.881. The summed E-state index contributed by atoms with van der Waals surface area (Å²) in [7, 11) is 0. The van der Waals surface area contributed by atoms with E-state index in [9.17, 15) is 4.79 Å². The Hall–Kier alpha value is -0.530. The standard InChI is InChI=1S/C11H22O2/c1-8(2)11(5,6)7-10(12)13-9(3)4/h8-9H,7H2,1-6H3. The highest BCUT2D eigenvalue weighted by molar-refractivity contribution is 5.70. The van der Waals surface area contributed by atoms with Crippen LogP contribution in [0.4, 0.5) is 0 Å². The second-order valence-electron chi connectivity index (χ2n) is 4.86. The molecule has 2 heteroatoms. The Morgan fingerprint density at radius 2 is 1.69 bits per heavy atom. The molecule has 0 unspecified atom stereocenters. The molecule has 0 rings (SSSR count). The molecular formula is C11H22O2. The lowest BCUT2D eigenvalue weighted by molar-refractivity contribution is -0.150. The molecule has 0 spiro atoms. The van der Waals surface area contributed by atoms with Gasteiger partial charge in [-0.05, 0) is 25.2 Å². The van der Waals surface area contributed by atoms with E-state index in [1.165, 1.54) is 0 Å². The molecule has 0 aromatic rings. The molecule has 2 nitrogen and oxygen atoms in total. The highest BCUT2D eigenvalue weighted by Gasteiger charge is 2.26. The van der Waals surface area contributed by atoms with Crippen molar-refractivity contribution in [2.45, 2.75) is 54.1 Å². The summed E-state index contributed by atoms with van der Waals surface area (Å²) in [6.07, 6.45) is 0.499. The number of hydrogen-bond acceptors (Lipinski definition) is 2. The van der Waals surface area contributed by atoms with Gasteiger partial charge in [-0.1, -0.05) is 27.7 Å². The predicted molar refractivity (Wildman–Crippen MR) is 54.5 cm³/mol. The lowest BCUT2D eigenvalue weighted by atomic mass is 9.78. The molecule has 0 N–H and O–H groups in total. The maximum atomic E-state index is 11.4. The molecule has 0 atom stereocenters. The molecule has 0 radical (unpaired) electrons. The minimum Gasteiger partial charge on any atom is -0.463 e. The molecule has 0 bridgehead atoms. The number of rotatable bonds is 4. The van der Waals surface area contributed by atoms with Gasteiger partial charge in [0.1, 0.15) is 0 Å². The van der Waals surface area contributed by atoms with Crippen LogP contribution in [-0.4, -0.2) is 12.1 Å². The normalized spacial score (nSPS) is 12.3. The van der Waals surface area contributed by atoms with Crippen LogP contribution < -0.4 is 0 Å². The Bertz CT molecular complexity index is 169. The van der Waals surface area contributed by atoms with Crippen molar-refractivity contribution >= 4 is 5.97 Å². The van der Waals surface area contributed by atoms with Gasteiger partial charge >= 0.3 is 5.97 Å². The Morgan fingerprint density at radius 3 is 2.00 bits per heavy atom. The summed E-state index contributed by atoms with van der Waals surface area (Å²) in [5.41, 5.74) is 0.0337. The van der Waals surface area contributed by atoms with E-state index in [0.717, 1.165) is 0 Å². The van der Waals surface area contributed by atoms with Crippen molar-refractivity contribution in [2.24, 2.45) is 11.3 Å². The van der Waals surface area contributed by atoms with Gasteiger partial charge in [-0.15, -0.1) is 0 Å². The van der Waals surface area contributed by atoms with Gasteiger partial charge in [-0.3, -0.25) is 4.79 Å². The highest BCUT2D eigenvalue weighted by atomic mass is 16.5. The van der Waals surface area contributed by atoms with Crippen molar-refractivity contribution in [1.29, 1.82) is 0 Å². The van der Waals surface area contributed by atoms with E-state index >= 15 is 0 Å². The van der Waals surface area contributed by atoms with E-state index in [0.29, 0.717) is 12.3 Å². The van der Waals surface area contributed by atoms with Crippen molar-refractivity contribution in [3.63, 3.8) is 0 Å². The topological polar surface area (TPSA) is 26.3 Å². The van der Waals surface area contributed by atoms with Gasteiger partial charge in [-0.2, -0.15) is 0 Å². The summed E-state index contributed by atoms with van der Waals surface area (Å²) in [5.74, 6) is 0.404. The minimum atomic E-state index is -0.0892. The van der Waals surface area contributed by atoms with Crippen LogP contribution in [0.5, 0.6) is 0 Å². The molecule has 0 heterocycles. The maximum absolute atomic E-state index is 11.4. The third kappa shape index (κ3) is 4.91. The van der Waals surface area contributed by atoms with Crippen LogP contribution in [0.2, 0.25) is 0 Å². The van der Waals surface area contributed by atoms with Crippen LogP contribution >= 0.6 is 0 Å². The van der Waals surface area contributed by atoms with E-state index in [2.05, 4.69) is 27.7 Å². The molecule has 0 amide bonds. The minimum absolute atomic E-state index is 0.00420. The summed E-state index contributed by atoms with van der Waals surface area (Å²) in [4.78, 5) is 11.4. The van der Waals surface area contributed by atoms with Gasteiger partial charge in [-0.25, -0.2) is 0 Å². The van der Waals surface area contributed by atoms with E-state index in [1.54, 1.807) is 0 Å². The average Bonchev–Trinajstić information content (AvgIpc) is 1.82. The molecular weight excluding hydrogens is 164 g/mol. The van der Waals surface area contributed by atoms with Gasteiger partial charge < -0.3 is 4.74 Å². The summed E-state index contributed by atoms with van der Waals surface area (Å²) in [5, 5.41) is 0. The molecule has 0 aliphatic heterocycles. The van der Waals surface area contributed by atoms with Crippen LogP contribution in [0, 0.1) is 11.3 Å². The zero-order chi connectivity index (χ0) is 10.6. The third-order valence-corrected chi connectivity index (χ3v) is 2.53. The van der Waals surface area contributed by atoms with Crippen LogP contribution in [0.3, 0.4) is 0 Å². The summed E-state index contributed by atoms with van der Waals surface area (Å²) in [6.45, 7) is 12.2. The van der Waals surface area contributed by atoms with Crippen LogP contribution in [0.1, 0.15) is 48.0 Å². The molecule has 0 fully saturated rings. The largest absolute Gasteiger partial charge is 0.463 e. The van der Waals surface area contributed by atoms with Gasteiger partial charge in [0.2, 0.25) is 0 Å². The maximum Gasteiger partial charge on any atom is 0.306 e. The van der Waals surface area contributed by atoms with E-state index < -0.39 is 0 Å². The predicted octanol–water partition coefficient (Wildman–Crippen LogP) is 3.01. The lowest BCUT2D eigenvalue weighted by Gasteiger charge is -2.28. The van der Waals surface area contributed by atoms with Gasteiger partial charge in [0.15, 0.2) is 0 Å². The lowest BCUT2D eigenvalue weighted by Crippen LogP contribution is -2.25. The van der Waals surface area contributed by atoms with Crippen molar-refractivity contribution in [2.75, 3.05) is 0 Å². The summed E-state index contributed by atoms with van der Waals surface area (Å²) >= 11 is 0. The van der Waals surface area contributed by atoms with E-state index in [-0.39, 0.29) is 17.5 Å². The second-order valence-corrected chi connectivity index (χ2v) is 4.86. The summed E-state index contributed by atoms with van der Waals surface area (Å²) < 4.78 is 5.10. The van der Waals surface area contributed by atoms with E-state index in [1.807, 2.05) is 13.8 Å². The molecule has 0 aliphatic carbocycles. The molecule has 78 valence electrons. The third-order valence-electron chi connectivity index (χ3n) is 2.53. The first-order valence-electron chi connectivity index (χ1n) is 4.95. The fourth-order valence-corrected chi connectivity index (χ4v) is 0.881. The SMILES string of the molecule is CC(C)OC(=O)CC(C)(C)C(C)C. The van der Waals surface area contributed by atoms with Gasteiger partial charge in [0, 0.05) is 0 Å². The zero-order valence-electron chi connectivity index (χ0n) is 9.68. The van der Waals surface area contributed by atoms with E-state index in [4.69, 9.17) is 4.74 Å². The quantitative estimate of drug-likeness (QED) is 0.631. The molecule has 0 aliphatic rings. The second kappa shape index (κ2) is 4.64. The molecule has 0 aromatic carbocycles. The Balaban J connectivity index is 4.05. The Labute approximate surface area is 81.7 Å². The monoisotopic (exact) mass is 186 g/mol. The molecule has 0 aromatic heterocycles. The number of esters is 1. The number of carbonyl (C=O) groups is 1. The van der Waals surface area contributed by atoms with Crippen LogP contribution in [-0.2, 0) is 9.53 Å². The van der Waals surface area contributed by atoms with Crippen molar-refractivity contribution < 1.29 is 9.53 Å². The molecule has 0 saturated carbocycles. The van der Waals surface area contributed by atoms with Gasteiger partial charge in [0.25, 0.3) is 0 Å². The van der Waals surface area contributed by atoms with Gasteiger partial charge in [0.05, 0.1) is 12.5 Å². The molecule has 13 heavy (non-hydrogen) atoms. The van der Waals surface area contributed by atoms with Crippen molar-refractivity contribution in [1.82, 2.24) is 0 Å². The first-order valence-corrected chi connectivity index (χ1v) is 4.95. The number of carbonyl (C=O) groups excluding carboxylic acids is 1. The fraction of sp³-hybridized carbons (Fsp3) is 0.909. The summed E-state index contributed by atoms with van der Waals surface area (Å²) in [6, 6.07) is 0. The first-order chi connectivity index (χ1) is 5.75. The Kier molecular flexibility index (Phi) is 4.45.